The Morgan fingerprint density at radius 2 is 1.71 bits per heavy atom. The number of ether oxygens (including phenoxy) is 1. The number of carboxylic acids is 1. The van der Waals surface area contributed by atoms with Gasteiger partial charge in [0.1, 0.15) is 5.75 Å². The van der Waals surface area contributed by atoms with E-state index in [0.717, 1.165) is 18.4 Å². The molecule has 1 aliphatic rings. The highest BCUT2D eigenvalue weighted by molar-refractivity contribution is 5.87. The average Bonchev–Trinajstić information content (AvgIpc) is 2.59. The molecule has 7 heteroatoms. The number of carboxylic acid groups (broad SMARTS) is 1. The van der Waals surface area contributed by atoms with Crippen LogP contribution in [0.3, 0.4) is 0 Å². The number of aryl methyl sites for hydroxylation is 1. The first-order valence-corrected chi connectivity index (χ1v) is 7.96. The molecule has 0 unspecified atom stereocenters. The molecule has 1 fully saturated rings. The maximum atomic E-state index is 12.1. The molecule has 2 rings (SSSR count). The zero-order valence-corrected chi connectivity index (χ0v) is 13.5. The largest absolute Gasteiger partial charge is 0.550 e. The highest BCUT2D eigenvalue weighted by Crippen LogP contribution is 2.29. The van der Waals surface area contributed by atoms with Crippen LogP contribution in [0.15, 0.2) is 24.3 Å². The van der Waals surface area contributed by atoms with Crippen LogP contribution in [0.1, 0.15) is 31.2 Å². The number of hydrogen-bond acceptors (Lipinski definition) is 5. The molecule has 1 aliphatic carbocycles. The molecule has 0 aromatic heterocycles. The van der Waals surface area contributed by atoms with Crippen LogP contribution in [0.25, 0.3) is 0 Å². The smallest absolute Gasteiger partial charge is 0.276 e. The van der Waals surface area contributed by atoms with Crippen LogP contribution in [0.2, 0.25) is 0 Å². The van der Waals surface area contributed by atoms with Crippen molar-refractivity contribution in [1.29, 1.82) is 0 Å². The highest BCUT2D eigenvalue weighted by atomic mass is 16.5. The Labute approximate surface area is 140 Å². The van der Waals surface area contributed by atoms with Crippen molar-refractivity contribution in [2.24, 2.45) is 11.8 Å². The van der Waals surface area contributed by atoms with Gasteiger partial charge in [-0.3, -0.25) is 20.4 Å². The van der Waals surface area contributed by atoms with Gasteiger partial charge in [-0.15, -0.1) is 0 Å². The highest BCUT2D eigenvalue weighted by Gasteiger charge is 2.31. The molecule has 1 saturated carbocycles. The second-order valence-corrected chi connectivity index (χ2v) is 5.96. The number of carbonyl (C=O) groups excluding carboxylic acids is 3. The van der Waals surface area contributed by atoms with Crippen molar-refractivity contribution in [3.8, 4) is 5.75 Å². The van der Waals surface area contributed by atoms with E-state index in [1.54, 1.807) is 12.1 Å². The molecule has 0 saturated heterocycles. The van der Waals surface area contributed by atoms with Crippen LogP contribution in [0, 0.1) is 18.8 Å². The van der Waals surface area contributed by atoms with E-state index in [9.17, 15) is 19.5 Å². The molecule has 0 heterocycles. The Kier molecular flexibility index (Phi) is 6.17. The minimum absolute atomic E-state index is 0.252. The fourth-order valence-electron chi connectivity index (χ4n) is 2.77. The van der Waals surface area contributed by atoms with E-state index in [4.69, 9.17) is 4.74 Å². The van der Waals surface area contributed by atoms with Crippen molar-refractivity contribution in [3.63, 3.8) is 0 Å². The molecule has 0 spiro atoms. The van der Waals surface area contributed by atoms with E-state index in [2.05, 4.69) is 10.9 Å². The molecular weight excluding hydrogens is 312 g/mol. The molecule has 1 aromatic rings. The zero-order valence-electron chi connectivity index (χ0n) is 13.5. The monoisotopic (exact) mass is 333 g/mol. The Hall–Kier alpha value is -2.57. The second kappa shape index (κ2) is 8.33. The lowest BCUT2D eigenvalue weighted by Crippen LogP contribution is -2.50. The fraction of sp³-hybridized carbons (Fsp3) is 0.471. The topological polar surface area (TPSA) is 108 Å². The summed E-state index contributed by atoms with van der Waals surface area (Å²) in [5, 5.41) is 11.1. The van der Waals surface area contributed by atoms with Crippen LogP contribution < -0.4 is 20.7 Å². The van der Waals surface area contributed by atoms with Gasteiger partial charge in [0.15, 0.2) is 6.61 Å². The third-order valence-corrected chi connectivity index (χ3v) is 4.12. The number of carbonyl (C=O) groups is 3. The number of rotatable bonds is 5. The van der Waals surface area contributed by atoms with Crippen molar-refractivity contribution in [1.82, 2.24) is 10.9 Å². The van der Waals surface area contributed by atoms with Crippen molar-refractivity contribution in [3.05, 3.63) is 29.8 Å². The van der Waals surface area contributed by atoms with Crippen LogP contribution in [0.4, 0.5) is 0 Å². The summed E-state index contributed by atoms with van der Waals surface area (Å²) in [6, 6.07) is 7.21. The van der Waals surface area contributed by atoms with Crippen molar-refractivity contribution >= 4 is 17.8 Å². The van der Waals surface area contributed by atoms with E-state index < -0.39 is 29.6 Å². The molecule has 0 radical (unpaired) electrons. The normalized spacial score (nSPS) is 20.0. The third kappa shape index (κ3) is 4.97. The SMILES string of the molecule is Cc1ccc(OCC(=O)NNC(=O)[C@H]2CCCC[C@H]2C(=O)[O-])cc1. The van der Waals surface area contributed by atoms with Gasteiger partial charge >= 0.3 is 0 Å². The maximum absolute atomic E-state index is 12.1. The maximum Gasteiger partial charge on any atom is 0.276 e. The fourth-order valence-corrected chi connectivity index (χ4v) is 2.77. The zero-order chi connectivity index (χ0) is 17.5. The summed E-state index contributed by atoms with van der Waals surface area (Å²) in [6.07, 6.45) is 2.44. The Morgan fingerprint density at radius 1 is 1.08 bits per heavy atom. The Morgan fingerprint density at radius 3 is 2.33 bits per heavy atom. The lowest BCUT2D eigenvalue weighted by Gasteiger charge is -2.31. The Balaban J connectivity index is 1.77. The lowest BCUT2D eigenvalue weighted by molar-refractivity contribution is -0.314. The predicted molar refractivity (Wildman–Crippen MR) is 83.4 cm³/mol. The van der Waals surface area contributed by atoms with Crippen molar-refractivity contribution < 1.29 is 24.2 Å². The van der Waals surface area contributed by atoms with E-state index in [1.165, 1.54) is 0 Å². The summed E-state index contributed by atoms with van der Waals surface area (Å²) >= 11 is 0. The minimum atomic E-state index is -1.22. The van der Waals surface area contributed by atoms with E-state index in [0.29, 0.717) is 18.6 Å². The average molecular weight is 333 g/mol. The first kappa shape index (κ1) is 17.8. The van der Waals surface area contributed by atoms with E-state index in [-0.39, 0.29) is 6.61 Å². The van der Waals surface area contributed by atoms with Gasteiger partial charge in [-0.2, -0.15) is 0 Å². The summed E-state index contributed by atoms with van der Waals surface area (Å²) in [6.45, 7) is 1.69. The lowest BCUT2D eigenvalue weighted by atomic mass is 9.79. The van der Waals surface area contributed by atoms with Gasteiger partial charge in [0.25, 0.3) is 5.91 Å². The number of amides is 2. The number of aliphatic carboxylic acids is 1. The van der Waals surface area contributed by atoms with Gasteiger partial charge in [-0.25, -0.2) is 0 Å². The summed E-state index contributed by atoms with van der Waals surface area (Å²) in [5.41, 5.74) is 5.59. The first-order valence-electron chi connectivity index (χ1n) is 7.96. The molecule has 2 amide bonds. The quantitative estimate of drug-likeness (QED) is 0.742. The molecule has 2 atom stereocenters. The van der Waals surface area contributed by atoms with Gasteiger partial charge in [0.2, 0.25) is 5.91 Å². The van der Waals surface area contributed by atoms with Crippen LogP contribution in [0.5, 0.6) is 5.75 Å². The number of nitrogens with one attached hydrogen (secondary N) is 2. The van der Waals surface area contributed by atoms with Gasteiger partial charge in [-0.1, -0.05) is 30.5 Å². The van der Waals surface area contributed by atoms with Crippen LogP contribution in [-0.4, -0.2) is 24.4 Å². The first-order chi connectivity index (χ1) is 11.5. The Bertz CT molecular complexity index is 600. The number of hydrazine groups is 1. The summed E-state index contributed by atoms with van der Waals surface area (Å²) < 4.78 is 5.29. The summed E-state index contributed by atoms with van der Waals surface area (Å²) in [4.78, 5) is 34.9. The summed E-state index contributed by atoms with van der Waals surface area (Å²) in [5.74, 6) is -3.19. The number of benzene rings is 1. The van der Waals surface area contributed by atoms with Crippen molar-refractivity contribution in [2.45, 2.75) is 32.6 Å². The van der Waals surface area contributed by atoms with Gasteiger partial charge in [-0.05, 0) is 31.9 Å². The third-order valence-electron chi connectivity index (χ3n) is 4.12. The molecule has 1 aromatic carbocycles. The predicted octanol–water partition coefficient (Wildman–Crippen LogP) is 0.0775. The summed E-state index contributed by atoms with van der Waals surface area (Å²) in [7, 11) is 0. The second-order valence-electron chi connectivity index (χ2n) is 5.96. The standard InChI is InChI=1S/C17H22N2O5/c1-11-6-8-12(9-7-11)24-10-15(20)18-19-16(21)13-4-2-3-5-14(13)17(22)23/h6-9,13-14H,2-5,10H2,1H3,(H,18,20)(H,19,21)(H,22,23)/p-1/t13-,14+/m0/s1. The minimum Gasteiger partial charge on any atom is -0.550 e. The number of hydrogen-bond donors (Lipinski definition) is 2. The van der Waals surface area contributed by atoms with Gasteiger partial charge in [0, 0.05) is 17.8 Å². The molecular formula is C17H21N2O5-. The molecule has 130 valence electrons. The van der Waals surface area contributed by atoms with Crippen LogP contribution >= 0.6 is 0 Å². The molecule has 0 aliphatic heterocycles. The molecule has 24 heavy (non-hydrogen) atoms. The van der Waals surface area contributed by atoms with E-state index >= 15 is 0 Å². The van der Waals surface area contributed by atoms with Crippen LogP contribution in [-0.2, 0) is 14.4 Å². The molecule has 0 bridgehead atoms. The van der Waals surface area contributed by atoms with Crippen molar-refractivity contribution in [2.75, 3.05) is 6.61 Å². The van der Waals surface area contributed by atoms with Gasteiger partial charge < -0.3 is 14.6 Å². The van der Waals surface area contributed by atoms with Gasteiger partial charge in [0.05, 0.1) is 0 Å². The van der Waals surface area contributed by atoms with E-state index in [1.807, 2.05) is 19.1 Å². The molecule has 2 N–H and O–H groups in total. The molecule has 7 nitrogen and oxygen atoms in total.